The largest absolute Gasteiger partial charge is 0.472 e. The van der Waals surface area contributed by atoms with Crippen molar-refractivity contribution in [2.45, 2.75) is 13.5 Å². The highest BCUT2D eigenvalue weighted by atomic mass is 16.3. The fraction of sp³-hybridized carbons (Fsp3) is 0.200. The van der Waals surface area contributed by atoms with Crippen molar-refractivity contribution in [2.24, 2.45) is 5.84 Å². The lowest BCUT2D eigenvalue weighted by molar-refractivity contribution is 0.564. The highest BCUT2D eigenvalue weighted by Gasteiger charge is 2.05. The highest BCUT2D eigenvalue weighted by molar-refractivity contribution is 5.55. The van der Waals surface area contributed by atoms with E-state index in [4.69, 9.17) is 10.3 Å². The van der Waals surface area contributed by atoms with Crippen LogP contribution in [0.2, 0.25) is 0 Å². The number of rotatable bonds is 4. The quantitative estimate of drug-likeness (QED) is 0.530. The Morgan fingerprint density at radius 3 is 2.88 bits per heavy atom. The summed E-state index contributed by atoms with van der Waals surface area (Å²) in [6.07, 6.45) is 4.78. The maximum Gasteiger partial charge on any atom is 0.148 e. The fourth-order valence-corrected chi connectivity index (χ4v) is 1.35. The van der Waals surface area contributed by atoms with Gasteiger partial charge in [-0.05, 0) is 13.0 Å². The maximum absolute atomic E-state index is 5.33. The van der Waals surface area contributed by atoms with Crippen molar-refractivity contribution in [3.63, 3.8) is 0 Å². The SMILES string of the molecule is Cc1c(NN)ncnc1NCc1ccoc1. The number of hydrogen-bond acceptors (Lipinski definition) is 6. The molecule has 0 bridgehead atoms. The van der Waals surface area contributed by atoms with Gasteiger partial charge in [-0.2, -0.15) is 0 Å². The van der Waals surface area contributed by atoms with Crippen LogP contribution in [0.5, 0.6) is 0 Å². The van der Waals surface area contributed by atoms with Crippen LogP contribution in [-0.2, 0) is 6.54 Å². The number of nitrogens with one attached hydrogen (secondary N) is 2. The van der Waals surface area contributed by atoms with E-state index in [9.17, 15) is 0 Å². The average molecular weight is 219 g/mol. The van der Waals surface area contributed by atoms with Crippen LogP contribution in [0.25, 0.3) is 0 Å². The molecule has 0 aliphatic carbocycles. The molecule has 84 valence electrons. The molecule has 0 spiro atoms. The molecule has 2 heterocycles. The fourth-order valence-electron chi connectivity index (χ4n) is 1.35. The first-order valence-electron chi connectivity index (χ1n) is 4.84. The van der Waals surface area contributed by atoms with Crippen LogP contribution < -0.4 is 16.6 Å². The molecule has 2 aromatic rings. The molecular formula is C10H13N5O. The topological polar surface area (TPSA) is 89.0 Å². The van der Waals surface area contributed by atoms with Gasteiger partial charge in [0, 0.05) is 17.7 Å². The smallest absolute Gasteiger partial charge is 0.148 e. The Morgan fingerprint density at radius 2 is 2.19 bits per heavy atom. The van der Waals surface area contributed by atoms with Gasteiger partial charge in [0.1, 0.15) is 18.0 Å². The molecule has 0 radical (unpaired) electrons. The molecule has 6 heteroatoms. The van der Waals surface area contributed by atoms with Crippen LogP contribution in [0.3, 0.4) is 0 Å². The lowest BCUT2D eigenvalue weighted by Crippen LogP contribution is -2.12. The summed E-state index contributed by atoms with van der Waals surface area (Å²) in [4.78, 5) is 8.13. The third-order valence-electron chi connectivity index (χ3n) is 2.26. The zero-order valence-corrected chi connectivity index (χ0v) is 8.90. The number of anilines is 2. The number of nitrogens with zero attached hydrogens (tertiary/aromatic N) is 2. The minimum Gasteiger partial charge on any atom is -0.472 e. The zero-order valence-electron chi connectivity index (χ0n) is 8.90. The number of hydrazine groups is 1. The summed E-state index contributed by atoms with van der Waals surface area (Å²) in [5.41, 5.74) is 4.46. The molecule has 2 aromatic heterocycles. The number of nitrogen functional groups attached to an aromatic ring is 1. The average Bonchev–Trinajstić information content (AvgIpc) is 2.81. The first kappa shape index (κ1) is 10.4. The Morgan fingerprint density at radius 1 is 1.38 bits per heavy atom. The molecule has 0 atom stereocenters. The molecule has 0 amide bonds. The number of hydrogen-bond donors (Lipinski definition) is 3. The van der Waals surface area contributed by atoms with Crippen molar-refractivity contribution in [2.75, 3.05) is 10.7 Å². The second-order valence-corrected chi connectivity index (χ2v) is 3.33. The Labute approximate surface area is 92.9 Å². The second kappa shape index (κ2) is 4.63. The van der Waals surface area contributed by atoms with Crippen molar-refractivity contribution in [3.05, 3.63) is 36.0 Å². The molecule has 0 aliphatic rings. The first-order chi connectivity index (χ1) is 7.81. The van der Waals surface area contributed by atoms with E-state index in [-0.39, 0.29) is 0 Å². The molecule has 4 N–H and O–H groups in total. The summed E-state index contributed by atoms with van der Waals surface area (Å²) in [7, 11) is 0. The summed E-state index contributed by atoms with van der Waals surface area (Å²) in [5, 5.41) is 3.18. The van der Waals surface area contributed by atoms with E-state index in [0.717, 1.165) is 16.9 Å². The summed E-state index contributed by atoms with van der Waals surface area (Å²) < 4.78 is 4.97. The molecule has 0 aromatic carbocycles. The maximum atomic E-state index is 5.33. The van der Waals surface area contributed by atoms with Gasteiger partial charge < -0.3 is 15.2 Å². The normalized spacial score (nSPS) is 10.1. The molecule has 2 rings (SSSR count). The van der Waals surface area contributed by atoms with E-state index in [1.165, 1.54) is 6.33 Å². The lowest BCUT2D eigenvalue weighted by Gasteiger charge is -2.09. The van der Waals surface area contributed by atoms with Crippen LogP contribution in [0.15, 0.2) is 29.3 Å². The van der Waals surface area contributed by atoms with E-state index in [1.54, 1.807) is 12.5 Å². The van der Waals surface area contributed by atoms with Gasteiger partial charge in [0.15, 0.2) is 0 Å². The van der Waals surface area contributed by atoms with E-state index < -0.39 is 0 Å². The molecule has 0 saturated carbocycles. The van der Waals surface area contributed by atoms with E-state index in [0.29, 0.717) is 12.4 Å². The van der Waals surface area contributed by atoms with Crippen molar-refractivity contribution in [1.82, 2.24) is 9.97 Å². The van der Waals surface area contributed by atoms with Gasteiger partial charge in [-0.1, -0.05) is 0 Å². The Hall–Kier alpha value is -2.08. The standard InChI is InChI=1S/C10H13N5O/c1-7-9(13-6-14-10(7)15-11)12-4-8-2-3-16-5-8/h2-3,5-6H,4,11H2,1H3,(H2,12,13,14,15). The molecule has 0 aliphatic heterocycles. The number of aromatic nitrogens is 2. The van der Waals surface area contributed by atoms with E-state index >= 15 is 0 Å². The summed E-state index contributed by atoms with van der Waals surface area (Å²) in [6.45, 7) is 2.55. The van der Waals surface area contributed by atoms with Gasteiger partial charge in [0.25, 0.3) is 0 Å². The van der Waals surface area contributed by atoms with Gasteiger partial charge in [0.05, 0.1) is 12.5 Å². The van der Waals surface area contributed by atoms with Crippen molar-refractivity contribution >= 4 is 11.6 Å². The van der Waals surface area contributed by atoms with Gasteiger partial charge in [-0.15, -0.1) is 0 Å². The summed E-state index contributed by atoms with van der Waals surface area (Å²) in [5.74, 6) is 6.70. The predicted molar refractivity (Wildman–Crippen MR) is 60.6 cm³/mol. The number of nitrogens with two attached hydrogens (primary N) is 1. The van der Waals surface area contributed by atoms with Crippen LogP contribution in [0.4, 0.5) is 11.6 Å². The van der Waals surface area contributed by atoms with Gasteiger partial charge in [-0.25, -0.2) is 15.8 Å². The Bertz CT molecular complexity index is 454. The third kappa shape index (κ3) is 2.12. The lowest BCUT2D eigenvalue weighted by atomic mass is 10.3. The monoisotopic (exact) mass is 219 g/mol. The minimum absolute atomic E-state index is 0.615. The minimum atomic E-state index is 0.615. The van der Waals surface area contributed by atoms with Crippen LogP contribution >= 0.6 is 0 Å². The van der Waals surface area contributed by atoms with Crippen LogP contribution in [-0.4, -0.2) is 9.97 Å². The van der Waals surface area contributed by atoms with E-state index in [1.807, 2.05) is 13.0 Å². The van der Waals surface area contributed by atoms with Gasteiger partial charge in [-0.3, -0.25) is 0 Å². The van der Waals surface area contributed by atoms with Crippen LogP contribution in [0.1, 0.15) is 11.1 Å². The summed E-state index contributed by atoms with van der Waals surface area (Å²) >= 11 is 0. The van der Waals surface area contributed by atoms with E-state index in [2.05, 4.69) is 20.7 Å². The predicted octanol–water partition coefficient (Wildman–Crippen LogP) is 1.28. The van der Waals surface area contributed by atoms with Gasteiger partial charge in [0.2, 0.25) is 0 Å². The molecule has 0 saturated heterocycles. The molecular weight excluding hydrogens is 206 g/mol. The molecule has 16 heavy (non-hydrogen) atoms. The zero-order chi connectivity index (χ0) is 11.4. The molecule has 6 nitrogen and oxygen atoms in total. The van der Waals surface area contributed by atoms with Crippen molar-refractivity contribution in [3.8, 4) is 0 Å². The Balaban J connectivity index is 2.09. The Kier molecular flexibility index (Phi) is 3.02. The van der Waals surface area contributed by atoms with Crippen molar-refractivity contribution < 1.29 is 4.42 Å². The first-order valence-corrected chi connectivity index (χ1v) is 4.84. The summed E-state index contributed by atoms with van der Waals surface area (Å²) in [6, 6.07) is 1.89. The van der Waals surface area contributed by atoms with Crippen LogP contribution in [0, 0.1) is 6.92 Å². The number of furan rings is 1. The van der Waals surface area contributed by atoms with Crippen molar-refractivity contribution in [1.29, 1.82) is 0 Å². The third-order valence-corrected chi connectivity index (χ3v) is 2.26. The second-order valence-electron chi connectivity index (χ2n) is 3.33. The molecule has 0 fully saturated rings. The highest BCUT2D eigenvalue weighted by Crippen LogP contribution is 2.17. The van der Waals surface area contributed by atoms with Gasteiger partial charge >= 0.3 is 0 Å². The molecule has 0 unspecified atom stereocenters.